The van der Waals surface area contributed by atoms with Crippen molar-refractivity contribution in [1.29, 1.82) is 0 Å². The van der Waals surface area contributed by atoms with Gasteiger partial charge in [-0.3, -0.25) is 9.59 Å². The number of fused-ring (bicyclic) bond motifs is 1. The first-order valence-corrected chi connectivity index (χ1v) is 9.08. The van der Waals surface area contributed by atoms with Crippen LogP contribution in [0, 0.1) is 0 Å². The highest BCUT2D eigenvalue weighted by Gasteiger charge is 2.25. The molecule has 0 saturated carbocycles. The summed E-state index contributed by atoms with van der Waals surface area (Å²) in [5.74, 6) is 0.536. The predicted molar refractivity (Wildman–Crippen MR) is 106 cm³/mol. The lowest BCUT2D eigenvalue weighted by molar-refractivity contribution is -0.121. The molecular weight excluding hydrogens is 342 g/mol. The van der Waals surface area contributed by atoms with Crippen molar-refractivity contribution < 1.29 is 14.3 Å². The second-order valence-corrected chi connectivity index (χ2v) is 6.85. The van der Waals surface area contributed by atoms with Gasteiger partial charge in [-0.15, -0.1) is 0 Å². The molecule has 0 unspecified atom stereocenters. The molecule has 0 bridgehead atoms. The molecule has 2 aromatic carbocycles. The molecule has 2 aromatic rings. The van der Waals surface area contributed by atoms with Crippen molar-refractivity contribution in [2.75, 3.05) is 44.0 Å². The average molecular weight is 367 g/mol. The fourth-order valence-corrected chi connectivity index (χ4v) is 2.95. The molecule has 1 N–H and O–H groups in total. The van der Waals surface area contributed by atoms with Gasteiger partial charge in [0.1, 0.15) is 5.75 Å². The van der Waals surface area contributed by atoms with E-state index in [1.54, 1.807) is 17.0 Å². The van der Waals surface area contributed by atoms with E-state index in [9.17, 15) is 9.59 Å². The van der Waals surface area contributed by atoms with Crippen LogP contribution in [0.5, 0.6) is 5.75 Å². The van der Waals surface area contributed by atoms with E-state index in [0.29, 0.717) is 36.5 Å². The zero-order valence-electron chi connectivity index (χ0n) is 15.8. The second kappa shape index (κ2) is 8.68. The SMILES string of the molecule is CN(C)CCN1C(=O)COc2ccc(NC(=O)CCc3ccccc3)cc21. The number of likely N-dealkylation sites (N-methyl/N-ethyl adjacent to an activating group) is 1. The van der Waals surface area contributed by atoms with Crippen molar-refractivity contribution in [3.8, 4) is 5.75 Å². The van der Waals surface area contributed by atoms with Gasteiger partial charge in [0.2, 0.25) is 5.91 Å². The molecular formula is C21H25N3O3. The van der Waals surface area contributed by atoms with Gasteiger partial charge in [0.15, 0.2) is 6.61 Å². The van der Waals surface area contributed by atoms with Crippen LogP contribution >= 0.6 is 0 Å². The van der Waals surface area contributed by atoms with E-state index in [0.717, 1.165) is 12.1 Å². The van der Waals surface area contributed by atoms with Gasteiger partial charge in [0.05, 0.1) is 5.69 Å². The van der Waals surface area contributed by atoms with E-state index >= 15 is 0 Å². The molecule has 1 aliphatic rings. The van der Waals surface area contributed by atoms with Crippen molar-refractivity contribution in [3.63, 3.8) is 0 Å². The van der Waals surface area contributed by atoms with Crippen molar-refractivity contribution in [2.24, 2.45) is 0 Å². The number of rotatable bonds is 7. The van der Waals surface area contributed by atoms with E-state index in [2.05, 4.69) is 5.32 Å². The van der Waals surface area contributed by atoms with E-state index in [4.69, 9.17) is 4.74 Å². The lowest BCUT2D eigenvalue weighted by Crippen LogP contribution is -2.42. The number of hydrogen-bond acceptors (Lipinski definition) is 4. The van der Waals surface area contributed by atoms with Crippen LogP contribution < -0.4 is 15.0 Å². The molecule has 0 radical (unpaired) electrons. The molecule has 6 nitrogen and oxygen atoms in total. The molecule has 0 saturated heterocycles. The average Bonchev–Trinajstić information content (AvgIpc) is 2.66. The summed E-state index contributed by atoms with van der Waals surface area (Å²) in [7, 11) is 3.93. The largest absolute Gasteiger partial charge is 0.482 e. The van der Waals surface area contributed by atoms with Crippen molar-refractivity contribution >= 4 is 23.2 Å². The first kappa shape index (κ1) is 18.9. The summed E-state index contributed by atoms with van der Waals surface area (Å²) in [6.07, 6.45) is 1.09. The lowest BCUT2D eigenvalue weighted by atomic mass is 10.1. The number of anilines is 2. The molecule has 0 aliphatic carbocycles. The van der Waals surface area contributed by atoms with Gasteiger partial charge in [-0.2, -0.15) is 0 Å². The molecule has 0 fully saturated rings. The zero-order chi connectivity index (χ0) is 19.2. The van der Waals surface area contributed by atoms with E-state index in [-0.39, 0.29) is 18.4 Å². The molecule has 142 valence electrons. The highest BCUT2D eigenvalue weighted by atomic mass is 16.5. The molecule has 2 amide bonds. The molecule has 1 heterocycles. The Balaban J connectivity index is 1.66. The third kappa shape index (κ3) is 5.08. The minimum Gasteiger partial charge on any atom is -0.482 e. The quantitative estimate of drug-likeness (QED) is 0.817. The van der Waals surface area contributed by atoms with Gasteiger partial charge in [0, 0.05) is 25.2 Å². The number of nitrogens with one attached hydrogen (secondary N) is 1. The Morgan fingerprint density at radius 1 is 1.19 bits per heavy atom. The fraction of sp³-hybridized carbons (Fsp3) is 0.333. The Bertz CT molecular complexity index is 806. The van der Waals surface area contributed by atoms with Gasteiger partial charge in [-0.05, 0) is 44.3 Å². The standard InChI is InChI=1S/C21H25N3O3/c1-23(2)12-13-24-18-14-17(9-10-19(18)27-15-21(24)26)22-20(25)11-8-16-6-4-3-5-7-16/h3-7,9-10,14H,8,11-13,15H2,1-2H3,(H,22,25). The maximum Gasteiger partial charge on any atom is 0.265 e. The summed E-state index contributed by atoms with van der Waals surface area (Å²) < 4.78 is 5.52. The number of carbonyl (C=O) groups is 2. The van der Waals surface area contributed by atoms with Crippen LogP contribution in [0.3, 0.4) is 0 Å². The Labute approximate surface area is 159 Å². The van der Waals surface area contributed by atoms with Crippen molar-refractivity contribution in [1.82, 2.24) is 4.90 Å². The molecule has 0 atom stereocenters. The molecule has 0 aromatic heterocycles. The number of benzene rings is 2. The summed E-state index contributed by atoms with van der Waals surface area (Å²) in [5.41, 5.74) is 2.50. The van der Waals surface area contributed by atoms with Gasteiger partial charge >= 0.3 is 0 Å². The van der Waals surface area contributed by atoms with Crippen LogP contribution in [0.1, 0.15) is 12.0 Å². The smallest absolute Gasteiger partial charge is 0.265 e. The first-order chi connectivity index (χ1) is 13.0. The zero-order valence-corrected chi connectivity index (χ0v) is 15.8. The summed E-state index contributed by atoms with van der Waals surface area (Å²) in [6.45, 7) is 1.37. The van der Waals surface area contributed by atoms with Gasteiger partial charge in [-0.25, -0.2) is 0 Å². The number of hydrogen-bond donors (Lipinski definition) is 1. The van der Waals surface area contributed by atoms with Gasteiger partial charge in [0.25, 0.3) is 5.91 Å². The minimum atomic E-state index is -0.0723. The van der Waals surface area contributed by atoms with Gasteiger partial charge in [-0.1, -0.05) is 30.3 Å². The summed E-state index contributed by atoms with van der Waals surface area (Å²) >= 11 is 0. The summed E-state index contributed by atoms with van der Waals surface area (Å²) in [6, 6.07) is 15.3. The van der Waals surface area contributed by atoms with E-state index in [1.165, 1.54) is 0 Å². The van der Waals surface area contributed by atoms with E-state index < -0.39 is 0 Å². The summed E-state index contributed by atoms with van der Waals surface area (Å²) in [5, 5.41) is 2.92. The highest BCUT2D eigenvalue weighted by Crippen LogP contribution is 2.34. The number of ether oxygens (including phenoxy) is 1. The molecule has 1 aliphatic heterocycles. The minimum absolute atomic E-state index is 0.0449. The van der Waals surface area contributed by atoms with Crippen molar-refractivity contribution in [3.05, 3.63) is 54.1 Å². The molecule has 6 heteroatoms. The Morgan fingerprint density at radius 3 is 2.70 bits per heavy atom. The lowest BCUT2D eigenvalue weighted by Gasteiger charge is -2.30. The monoisotopic (exact) mass is 367 g/mol. The summed E-state index contributed by atoms with van der Waals surface area (Å²) in [4.78, 5) is 28.3. The molecule has 27 heavy (non-hydrogen) atoms. The third-order valence-corrected chi connectivity index (χ3v) is 4.44. The molecule has 3 rings (SSSR count). The Hall–Kier alpha value is -2.86. The Morgan fingerprint density at radius 2 is 1.96 bits per heavy atom. The molecule has 0 spiro atoms. The van der Waals surface area contributed by atoms with Crippen LogP contribution in [-0.2, 0) is 16.0 Å². The normalized spacial score (nSPS) is 13.3. The third-order valence-electron chi connectivity index (χ3n) is 4.44. The maximum absolute atomic E-state index is 12.3. The van der Waals surface area contributed by atoms with Crippen LogP contribution in [0.15, 0.2) is 48.5 Å². The van der Waals surface area contributed by atoms with Crippen LogP contribution in [0.2, 0.25) is 0 Å². The van der Waals surface area contributed by atoms with Gasteiger partial charge < -0.3 is 19.9 Å². The number of amides is 2. The van der Waals surface area contributed by atoms with Crippen LogP contribution in [-0.4, -0.2) is 50.5 Å². The highest BCUT2D eigenvalue weighted by molar-refractivity contribution is 5.99. The van der Waals surface area contributed by atoms with Crippen LogP contribution in [0.4, 0.5) is 11.4 Å². The number of aryl methyl sites for hydroxylation is 1. The first-order valence-electron chi connectivity index (χ1n) is 9.08. The topological polar surface area (TPSA) is 61.9 Å². The second-order valence-electron chi connectivity index (χ2n) is 6.85. The van der Waals surface area contributed by atoms with Crippen LogP contribution in [0.25, 0.3) is 0 Å². The number of nitrogens with zero attached hydrogens (tertiary/aromatic N) is 2. The Kier molecular flexibility index (Phi) is 6.08. The van der Waals surface area contributed by atoms with E-state index in [1.807, 2.05) is 55.4 Å². The van der Waals surface area contributed by atoms with Crippen molar-refractivity contribution in [2.45, 2.75) is 12.8 Å². The maximum atomic E-state index is 12.3. The fourth-order valence-electron chi connectivity index (χ4n) is 2.95. The number of carbonyl (C=O) groups excluding carboxylic acids is 2. The predicted octanol–water partition coefficient (Wildman–Crippen LogP) is 2.54.